The van der Waals surface area contributed by atoms with E-state index in [9.17, 15) is 4.79 Å². The molecule has 0 saturated carbocycles. The second kappa shape index (κ2) is 5.08. The van der Waals surface area contributed by atoms with Crippen LogP contribution < -0.4 is 0 Å². The van der Waals surface area contributed by atoms with E-state index in [0.717, 1.165) is 10.9 Å². The lowest BCUT2D eigenvalue weighted by Gasteiger charge is -1.99. The summed E-state index contributed by atoms with van der Waals surface area (Å²) in [5.74, 6) is -0.0300. The van der Waals surface area contributed by atoms with Gasteiger partial charge in [0, 0.05) is 17.8 Å². The minimum absolute atomic E-state index is 0.273. The summed E-state index contributed by atoms with van der Waals surface area (Å²) in [4.78, 5) is 20.3. The molecule has 1 aromatic carbocycles. The van der Waals surface area contributed by atoms with Gasteiger partial charge in [0.1, 0.15) is 0 Å². The van der Waals surface area contributed by atoms with Crippen molar-refractivity contribution in [2.45, 2.75) is 6.92 Å². The molecule has 0 radical (unpaired) electrons. The fraction of sp³-hybridized carbons (Fsp3) is 0.143. The number of carbonyl (C=O) groups is 1. The van der Waals surface area contributed by atoms with Crippen molar-refractivity contribution in [2.24, 2.45) is 0 Å². The van der Waals surface area contributed by atoms with Gasteiger partial charge in [0.25, 0.3) is 5.95 Å². The van der Waals surface area contributed by atoms with Crippen molar-refractivity contribution in [1.82, 2.24) is 19.7 Å². The Balaban J connectivity index is 2.22. The summed E-state index contributed by atoms with van der Waals surface area (Å²) in [5.41, 5.74) is 1.04. The van der Waals surface area contributed by atoms with Crippen molar-refractivity contribution in [3.8, 4) is 5.95 Å². The second-order valence-electron chi connectivity index (χ2n) is 4.05. The molecule has 0 N–H and O–H groups in total. The van der Waals surface area contributed by atoms with Crippen LogP contribution in [0.4, 0.5) is 0 Å². The van der Waals surface area contributed by atoms with E-state index in [1.54, 1.807) is 30.1 Å². The van der Waals surface area contributed by atoms with E-state index in [2.05, 4.69) is 15.1 Å². The van der Waals surface area contributed by atoms with E-state index >= 15 is 0 Å². The average molecular weight is 268 g/mol. The number of nitrogens with zero attached hydrogens (tertiary/aromatic N) is 4. The minimum Gasteiger partial charge on any atom is -0.461 e. The van der Waals surface area contributed by atoms with E-state index < -0.39 is 5.97 Å². The van der Waals surface area contributed by atoms with Crippen molar-refractivity contribution in [2.75, 3.05) is 6.61 Å². The molecule has 6 heteroatoms. The zero-order valence-electron chi connectivity index (χ0n) is 10.9. The quantitative estimate of drug-likeness (QED) is 0.679. The molecule has 0 aliphatic rings. The highest BCUT2D eigenvalue weighted by atomic mass is 16.5. The maximum atomic E-state index is 12.0. The number of fused-ring (bicyclic) bond motifs is 1. The van der Waals surface area contributed by atoms with Crippen LogP contribution in [0.1, 0.15) is 17.4 Å². The number of carbonyl (C=O) groups excluding carboxylic acids is 1. The van der Waals surface area contributed by atoms with Gasteiger partial charge in [0.05, 0.1) is 12.1 Å². The summed E-state index contributed by atoms with van der Waals surface area (Å²) < 4.78 is 6.57. The van der Waals surface area contributed by atoms with E-state index in [1.165, 1.54) is 0 Å². The van der Waals surface area contributed by atoms with Gasteiger partial charge in [0.2, 0.25) is 0 Å². The fourth-order valence-electron chi connectivity index (χ4n) is 1.97. The molecule has 0 spiro atoms. The first-order valence-electron chi connectivity index (χ1n) is 6.23. The fourth-order valence-corrected chi connectivity index (χ4v) is 1.97. The van der Waals surface area contributed by atoms with Crippen LogP contribution in [0.15, 0.2) is 42.7 Å². The smallest absolute Gasteiger partial charge is 0.359 e. The van der Waals surface area contributed by atoms with E-state index in [4.69, 9.17) is 4.74 Å². The molecule has 3 aromatic rings. The topological polar surface area (TPSA) is 69.9 Å². The number of rotatable bonds is 3. The summed E-state index contributed by atoms with van der Waals surface area (Å²) in [6.45, 7) is 2.07. The second-order valence-corrected chi connectivity index (χ2v) is 4.05. The molecule has 0 aliphatic heterocycles. The van der Waals surface area contributed by atoms with Gasteiger partial charge in [-0.15, -0.1) is 0 Å². The summed E-state index contributed by atoms with van der Waals surface area (Å²) in [6.07, 6.45) is 3.26. The van der Waals surface area contributed by atoms with Gasteiger partial charge in [-0.05, 0) is 19.1 Å². The number of aromatic nitrogens is 4. The standard InChI is InChI=1S/C14H12N4O2/c1-2-20-13(19)12-10-6-3-4-7-11(10)18(17-12)14-15-8-5-9-16-14/h3-9H,2H2,1H3. The van der Waals surface area contributed by atoms with Gasteiger partial charge >= 0.3 is 5.97 Å². The first-order chi connectivity index (χ1) is 9.81. The van der Waals surface area contributed by atoms with Crippen LogP contribution in [0.25, 0.3) is 16.9 Å². The zero-order chi connectivity index (χ0) is 13.9. The number of benzene rings is 1. The van der Waals surface area contributed by atoms with Gasteiger partial charge in [-0.3, -0.25) is 0 Å². The van der Waals surface area contributed by atoms with Gasteiger partial charge in [-0.25, -0.2) is 14.8 Å². The molecule has 2 heterocycles. The maximum Gasteiger partial charge on any atom is 0.359 e. The first kappa shape index (κ1) is 12.3. The SMILES string of the molecule is CCOC(=O)c1nn(-c2ncccn2)c2ccccc12. The summed E-state index contributed by atoms with van der Waals surface area (Å²) in [6, 6.07) is 9.14. The first-order valence-corrected chi connectivity index (χ1v) is 6.23. The molecule has 3 rings (SSSR count). The Labute approximate surface area is 115 Å². The number of hydrogen-bond donors (Lipinski definition) is 0. The molecule has 0 aliphatic carbocycles. The van der Waals surface area contributed by atoms with Gasteiger partial charge in [0.15, 0.2) is 5.69 Å². The Morgan fingerprint density at radius 1 is 1.20 bits per heavy atom. The highest BCUT2D eigenvalue weighted by molar-refractivity contribution is 6.02. The minimum atomic E-state index is -0.446. The zero-order valence-corrected chi connectivity index (χ0v) is 10.9. The highest BCUT2D eigenvalue weighted by Crippen LogP contribution is 2.21. The third-order valence-corrected chi connectivity index (χ3v) is 2.80. The molecule has 0 amide bonds. The normalized spacial score (nSPS) is 10.7. The molecule has 2 aromatic heterocycles. The monoisotopic (exact) mass is 268 g/mol. The van der Waals surface area contributed by atoms with Gasteiger partial charge < -0.3 is 4.74 Å². The predicted octanol–water partition coefficient (Wildman–Crippen LogP) is 1.99. The van der Waals surface area contributed by atoms with E-state index in [-0.39, 0.29) is 5.69 Å². The van der Waals surface area contributed by atoms with Crippen molar-refractivity contribution >= 4 is 16.9 Å². The highest BCUT2D eigenvalue weighted by Gasteiger charge is 2.19. The lowest BCUT2D eigenvalue weighted by molar-refractivity contribution is 0.0521. The third-order valence-electron chi connectivity index (χ3n) is 2.80. The lowest BCUT2D eigenvalue weighted by Crippen LogP contribution is -2.08. The van der Waals surface area contributed by atoms with E-state index in [1.807, 2.05) is 24.3 Å². The molecular weight excluding hydrogens is 256 g/mol. The van der Waals surface area contributed by atoms with Crippen LogP contribution in [0.2, 0.25) is 0 Å². The van der Waals surface area contributed by atoms with Crippen LogP contribution >= 0.6 is 0 Å². The summed E-state index contributed by atoms with van der Waals surface area (Å²) in [5, 5.41) is 5.02. The van der Waals surface area contributed by atoms with E-state index in [0.29, 0.717) is 12.6 Å². The molecule has 0 bridgehead atoms. The van der Waals surface area contributed by atoms with Crippen molar-refractivity contribution in [3.05, 3.63) is 48.4 Å². The summed E-state index contributed by atoms with van der Waals surface area (Å²) >= 11 is 0. The number of hydrogen-bond acceptors (Lipinski definition) is 5. The van der Waals surface area contributed by atoms with Crippen molar-refractivity contribution in [3.63, 3.8) is 0 Å². The molecule has 0 atom stereocenters. The molecular formula is C14H12N4O2. The molecule has 100 valence electrons. The molecule has 0 unspecified atom stereocenters. The van der Waals surface area contributed by atoms with Crippen molar-refractivity contribution in [1.29, 1.82) is 0 Å². The molecule has 6 nitrogen and oxygen atoms in total. The maximum absolute atomic E-state index is 12.0. The van der Waals surface area contributed by atoms with Crippen LogP contribution in [-0.2, 0) is 4.74 Å². The Morgan fingerprint density at radius 2 is 1.95 bits per heavy atom. The van der Waals surface area contributed by atoms with Crippen LogP contribution in [0.3, 0.4) is 0 Å². The largest absolute Gasteiger partial charge is 0.461 e. The average Bonchev–Trinajstić information content (AvgIpc) is 2.88. The third kappa shape index (κ3) is 2.01. The Bertz CT molecular complexity index is 752. The molecule has 0 saturated heterocycles. The summed E-state index contributed by atoms with van der Waals surface area (Å²) in [7, 11) is 0. The van der Waals surface area contributed by atoms with Gasteiger partial charge in [-0.1, -0.05) is 18.2 Å². The Morgan fingerprint density at radius 3 is 2.70 bits per heavy atom. The molecule has 20 heavy (non-hydrogen) atoms. The Kier molecular flexibility index (Phi) is 3.12. The molecule has 0 fully saturated rings. The van der Waals surface area contributed by atoms with Crippen LogP contribution in [0, 0.1) is 0 Å². The number of esters is 1. The van der Waals surface area contributed by atoms with Gasteiger partial charge in [-0.2, -0.15) is 9.78 Å². The Hall–Kier alpha value is -2.76. The van der Waals surface area contributed by atoms with Crippen LogP contribution in [-0.4, -0.2) is 32.3 Å². The van der Waals surface area contributed by atoms with Crippen LogP contribution in [0.5, 0.6) is 0 Å². The predicted molar refractivity (Wildman–Crippen MR) is 72.6 cm³/mol. The number of para-hydroxylation sites is 1. The van der Waals surface area contributed by atoms with Crippen molar-refractivity contribution < 1.29 is 9.53 Å². The lowest BCUT2D eigenvalue weighted by atomic mass is 10.2. The number of ether oxygens (including phenoxy) is 1.